The fourth-order valence-corrected chi connectivity index (χ4v) is 6.36. The van der Waals surface area contributed by atoms with Gasteiger partial charge in [0.25, 0.3) is 15.9 Å². The summed E-state index contributed by atoms with van der Waals surface area (Å²) in [5.74, 6) is -0.847. The first-order valence-electron chi connectivity index (χ1n) is 12.4. The van der Waals surface area contributed by atoms with Gasteiger partial charge in [-0.15, -0.1) is 0 Å². The van der Waals surface area contributed by atoms with Crippen molar-refractivity contribution < 1.29 is 22.7 Å². The number of hydrogen-bond acceptors (Lipinski definition) is 7. The number of carbonyl (C=O) groups excluding carboxylic acids is 2. The average Bonchev–Trinajstić information content (AvgIpc) is 3.31. The van der Waals surface area contributed by atoms with E-state index in [-0.39, 0.29) is 32.3 Å². The van der Waals surface area contributed by atoms with Gasteiger partial charge < -0.3 is 4.74 Å². The van der Waals surface area contributed by atoms with E-state index >= 15 is 0 Å². The van der Waals surface area contributed by atoms with Crippen LogP contribution in [0, 0.1) is 18.3 Å². The second-order valence-electron chi connectivity index (χ2n) is 9.74. The third-order valence-corrected chi connectivity index (χ3v) is 8.79. The van der Waals surface area contributed by atoms with Crippen molar-refractivity contribution in [2.24, 2.45) is 5.10 Å². The first-order chi connectivity index (χ1) is 19.4. The second kappa shape index (κ2) is 10.7. The molecule has 4 aromatic rings. The largest absolute Gasteiger partial charge is 0.454 e. The smallest absolute Gasteiger partial charge is 0.268 e. The molecule has 1 amide bonds. The first kappa shape index (κ1) is 28.4. The molecule has 0 atom stereocenters. The number of Topliss-reactive ketones (excluding diaryl/α,β-unsaturated/α-hetero) is 1. The molecule has 0 bridgehead atoms. The Morgan fingerprint density at radius 1 is 1.02 bits per heavy atom. The number of fused-ring (bicyclic) bond motifs is 1. The second-order valence-corrected chi connectivity index (χ2v) is 12.4. The van der Waals surface area contributed by atoms with Crippen molar-refractivity contribution in [3.8, 4) is 17.6 Å². The fourth-order valence-electron chi connectivity index (χ4n) is 4.43. The third-order valence-electron chi connectivity index (χ3n) is 6.54. The number of benzene rings is 3. The number of nitrogens with zero attached hydrogens (tertiary/aromatic N) is 4. The molecule has 0 fully saturated rings. The average molecular weight is 609 g/mol. The molecule has 0 spiro atoms. The third kappa shape index (κ3) is 5.20. The molecule has 12 heteroatoms. The zero-order chi connectivity index (χ0) is 29.6. The monoisotopic (exact) mass is 608 g/mol. The summed E-state index contributed by atoms with van der Waals surface area (Å²) in [5, 5.41) is 14.6. The Labute approximate surface area is 246 Å². The molecule has 41 heavy (non-hydrogen) atoms. The maximum absolute atomic E-state index is 13.5. The Morgan fingerprint density at radius 2 is 1.68 bits per heavy atom. The zero-order valence-corrected chi connectivity index (χ0v) is 24.4. The molecular formula is C29H22Cl2N4O5S. The van der Waals surface area contributed by atoms with E-state index in [0.717, 1.165) is 16.1 Å². The molecular weight excluding hydrogens is 587 g/mol. The van der Waals surface area contributed by atoms with Crippen LogP contribution in [-0.2, 0) is 19.6 Å². The lowest BCUT2D eigenvalue weighted by Gasteiger charge is -2.22. The summed E-state index contributed by atoms with van der Waals surface area (Å²) in [4.78, 5) is 24.4. The Balaban J connectivity index is 1.53. The van der Waals surface area contributed by atoms with Crippen LogP contribution < -0.4 is 9.75 Å². The van der Waals surface area contributed by atoms with Gasteiger partial charge in [0.2, 0.25) is 11.5 Å². The van der Waals surface area contributed by atoms with Crippen molar-refractivity contribution in [2.75, 3.05) is 5.01 Å². The standard InChI is InChI=1S/C29H22Cl2N4O5S/c1-16(2)22-15-34(41(38,39)20-7-4-17(3)5-8-20)26-9-6-19(12-21(22)26)40-29-23(30)10-18(11-24(29)31)35-28(37)13-27(36)25(14-32)33-35/h4-12,15-16H,13H2,1-3H3. The predicted molar refractivity (Wildman–Crippen MR) is 156 cm³/mol. The number of nitriles is 1. The number of aryl methyl sites for hydroxylation is 1. The molecule has 1 aliphatic rings. The minimum absolute atomic E-state index is 0.00138. The highest BCUT2D eigenvalue weighted by Gasteiger charge is 2.30. The number of hydrazone groups is 1. The van der Waals surface area contributed by atoms with Crippen LogP contribution in [0.5, 0.6) is 11.5 Å². The lowest BCUT2D eigenvalue weighted by molar-refractivity contribution is -0.124. The van der Waals surface area contributed by atoms with Gasteiger partial charge >= 0.3 is 0 Å². The molecule has 0 unspecified atom stereocenters. The maximum Gasteiger partial charge on any atom is 0.268 e. The lowest BCUT2D eigenvalue weighted by Crippen LogP contribution is -2.36. The Hall–Kier alpha value is -4.17. The van der Waals surface area contributed by atoms with Crippen LogP contribution >= 0.6 is 23.2 Å². The molecule has 0 aliphatic carbocycles. The quantitative estimate of drug-likeness (QED) is 0.227. The van der Waals surface area contributed by atoms with E-state index in [0.29, 0.717) is 16.7 Å². The summed E-state index contributed by atoms with van der Waals surface area (Å²) in [6.07, 6.45) is 1.12. The molecule has 1 aliphatic heterocycles. The number of aromatic nitrogens is 1. The van der Waals surface area contributed by atoms with Crippen LogP contribution in [0.4, 0.5) is 5.69 Å². The van der Waals surface area contributed by atoms with Gasteiger partial charge in [-0.2, -0.15) is 15.4 Å². The number of ketones is 1. The van der Waals surface area contributed by atoms with Crippen LogP contribution in [-0.4, -0.2) is 29.8 Å². The van der Waals surface area contributed by atoms with E-state index < -0.39 is 33.8 Å². The molecule has 0 saturated heterocycles. The molecule has 0 N–H and O–H groups in total. The van der Waals surface area contributed by atoms with Crippen molar-refractivity contribution in [2.45, 2.75) is 38.0 Å². The van der Waals surface area contributed by atoms with E-state index in [1.807, 2.05) is 20.8 Å². The SMILES string of the molecule is Cc1ccc(S(=O)(=O)n2cc(C(C)C)c3cc(Oc4c(Cl)cc(N5N=C(C#N)C(=O)CC5=O)cc4Cl)ccc32)cc1. The van der Waals surface area contributed by atoms with Gasteiger partial charge in [0.15, 0.2) is 5.75 Å². The van der Waals surface area contributed by atoms with Crippen molar-refractivity contribution in [3.63, 3.8) is 0 Å². The molecule has 1 aromatic heterocycles. The first-order valence-corrected chi connectivity index (χ1v) is 14.6. The molecule has 2 heterocycles. The Bertz CT molecular complexity index is 1900. The number of anilines is 1. The van der Waals surface area contributed by atoms with Gasteiger partial charge in [-0.1, -0.05) is 54.7 Å². The van der Waals surface area contributed by atoms with Crippen molar-refractivity contribution in [3.05, 3.63) is 82.0 Å². The van der Waals surface area contributed by atoms with Gasteiger partial charge in [0.1, 0.15) is 11.8 Å². The summed E-state index contributed by atoms with van der Waals surface area (Å²) in [6.45, 7) is 5.82. The minimum atomic E-state index is -3.86. The zero-order valence-electron chi connectivity index (χ0n) is 22.1. The molecule has 0 radical (unpaired) electrons. The fraction of sp³-hybridized carbons (Fsp3) is 0.172. The van der Waals surface area contributed by atoms with Crippen LogP contribution in [0.25, 0.3) is 10.9 Å². The highest BCUT2D eigenvalue weighted by Crippen LogP contribution is 2.42. The van der Waals surface area contributed by atoms with Crippen LogP contribution in [0.15, 0.2) is 70.8 Å². The Kier molecular flexibility index (Phi) is 7.38. The number of carbonyl (C=O) groups is 2. The number of rotatable bonds is 6. The van der Waals surface area contributed by atoms with Crippen LogP contribution in [0.3, 0.4) is 0 Å². The summed E-state index contributed by atoms with van der Waals surface area (Å²) >= 11 is 13.0. The molecule has 0 saturated carbocycles. The summed E-state index contributed by atoms with van der Waals surface area (Å²) in [6, 6.07) is 16.1. The van der Waals surface area contributed by atoms with E-state index in [9.17, 15) is 18.0 Å². The minimum Gasteiger partial charge on any atom is -0.454 e. The van der Waals surface area contributed by atoms with Crippen LogP contribution in [0.2, 0.25) is 10.0 Å². The lowest BCUT2D eigenvalue weighted by atomic mass is 10.0. The van der Waals surface area contributed by atoms with Crippen LogP contribution in [0.1, 0.15) is 37.3 Å². The summed E-state index contributed by atoms with van der Waals surface area (Å²) < 4.78 is 34.4. The number of ether oxygens (including phenoxy) is 1. The van der Waals surface area contributed by atoms with E-state index in [1.54, 1.807) is 54.7 Å². The highest BCUT2D eigenvalue weighted by atomic mass is 35.5. The summed E-state index contributed by atoms with van der Waals surface area (Å²) in [7, 11) is -3.86. The Morgan fingerprint density at radius 3 is 2.29 bits per heavy atom. The van der Waals surface area contributed by atoms with Crippen molar-refractivity contribution in [1.29, 1.82) is 5.26 Å². The van der Waals surface area contributed by atoms with Crippen molar-refractivity contribution >= 4 is 67.2 Å². The number of amides is 1. The van der Waals surface area contributed by atoms with E-state index in [4.69, 9.17) is 33.2 Å². The maximum atomic E-state index is 13.5. The van der Waals surface area contributed by atoms with Gasteiger partial charge in [0, 0.05) is 11.6 Å². The normalized spacial score (nSPS) is 14.0. The van der Waals surface area contributed by atoms with Crippen molar-refractivity contribution in [1.82, 2.24) is 3.97 Å². The van der Waals surface area contributed by atoms with E-state index in [2.05, 4.69) is 5.10 Å². The number of hydrogen-bond donors (Lipinski definition) is 0. The summed E-state index contributed by atoms with van der Waals surface area (Å²) in [5.41, 5.74) is 2.00. The molecule has 208 valence electrons. The molecule has 3 aromatic carbocycles. The number of halogens is 2. The van der Waals surface area contributed by atoms with E-state index in [1.165, 1.54) is 16.1 Å². The molecule has 5 rings (SSSR count). The van der Waals surface area contributed by atoms with Gasteiger partial charge in [-0.05, 0) is 60.9 Å². The van der Waals surface area contributed by atoms with Gasteiger partial charge in [0.05, 0.1) is 32.6 Å². The topological polar surface area (TPSA) is 122 Å². The van der Waals surface area contributed by atoms with Gasteiger partial charge in [-0.3, -0.25) is 9.59 Å². The van der Waals surface area contributed by atoms with Gasteiger partial charge in [-0.25, -0.2) is 12.4 Å². The molecule has 9 nitrogen and oxygen atoms in total. The predicted octanol–water partition coefficient (Wildman–Crippen LogP) is 6.59. The highest BCUT2D eigenvalue weighted by molar-refractivity contribution is 7.90.